The van der Waals surface area contributed by atoms with Crippen LogP contribution in [0, 0.1) is 5.82 Å². The van der Waals surface area contributed by atoms with Gasteiger partial charge in [-0.25, -0.2) is 0 Å². The van der Waals surface area contributed by atoms with Crippen molar-refractivity contribution in [2.24, 2.45) is 0 Å². The SMILES string of the molecule is O=C(c1ccc(F)cc1)c1cc[n-]c1/C=C\[CH]=[V].[V].[V].[V]. The Hall–Kier alpha value is 0.0477. The number of rotatable bonds is 4. The zero-order chi connectivity index (χ0) is 13.0. The number of hydrogen-bond donors (Lipinski definition) is 0. The van der Waals surface area contributed by atoms with Gasteiger partial charge in [0.05, 0.1) is 0 Å². The van der Waals surface area contributed by atoms with Gasteiger partial charge < -0.3 is 0 Å². The molecule has 0 fully saturated rings. The van der Waals surface area contributed by atoms with Gasteiger partial charge in [-0.3, -0.25) is 0 Å². The molecular formula is C14H9FNOV4-. The number of benzene rings is 1. The zero-order valence-electron chi connectivity index (χ0n) is 10.7. The van der Waals surface area contributed by atoms with Crippen LogP contribution in [0.15, 0.2) is 42.6 Å². The number of halogens is 1. The third-order valence-corrected chi connectivity index (χ3v) is 2.69. The molecule has 0 aliphatic heterocycles. The Morgan fingerprint density at radius 1 is 1.10 bits per heavy atom. The molecular weight excluding hydrogens is 421 g/mol. The van der Waals surface area contributed by atoms with Crippen molar-refractivity contribution in [2.75, 3.05) is 0 Å². The molecule has 0 saturated carbocycles. The largest absolute Gasteiger partial charge is 0 e. The normalized spacial score (nSPS) is 9.14. The van der Waals surface area contributed by atoms with E-state index in [0.29, 0.717) is 16.8 Å². The van der Waals surface area contributed by atoms with Crippen LogP contribution in [0.1, 0.15) is 21.6 Å². The smallest absolute Gasteiger partial charge is 0 e. The van der Waals surface area contributed by atoms with Crippen LogP contribution in [0.5, 0.6) is 0 Å². The van der Waals surface area contributed by atoms with Gasteiger partial charge in [0.15, 0.2) is 0 Å². The van der Waals surface area contributed by atoms with Crippen LogP contribution in [-0.4, -0.2) is 10.5 Å². The summed E-state index contributed by atoms with van der Waals surface area (Å²) in [6, 6.07) is 7.16. The molecule has 0 aliphatic rings. The second-order valence-corrected chi connectivity index (χ2v) is 4.05. The van der Waals surface area contributed by atoms with Gasteiger partial charge >= 0.3 is 113 Å². The van der Waals surface area contributed by atoms with E-state index < -0.39 is 0 Å². The van der Waals surface area contributed by atoms with Crippen molar-refractivity contribution >= 4 is 16.6 Å². The van der Waals surface area contributed by atoms with Crippen molar-refractivity contribution < 1.29 is 81.8 Å². The zero-order valence-corrected chi connectivity index (χ0v) is 16.3. The second-order valence-electron chi connectivity index (χ2n) is 3.59. The number of ketones is 1. The van der Waals surface area contributed by atoms with Gasteiger partial charge in [0, 0.05) is 55.7 Å². The van der Waals surface area contributed by atoms with Crippen LogP contribution in [0.4, 0.5) is 4.39 Å². The molecule has 2 nitrogen and oxygen atoms in total. The van der Waals surface area contributed by atoms with Crippen LogP contribution in [-0.2, 0) is 72.6 Å². The fraction of sp³-hybridized carbons (Fsp3) is 0. The quantitative estimate of drug-likeness (QED) is 0.699. The topological polar surface area (TPSA) is 31.2 Å². The minimum Gasteiger partial charge on any atom is 0 e. The standard InChI is InChI=1S/C14H10FNO.4V/c1-2-3-13-12(8-9-16-13)14(17)10-4-6-11(15)7-5-10;;;;/h1-9H,(H,16,17);;;;/p-1/b3-2-;;;;. The van der Waals surface area contributed by atoms with Gasteiger partial charge in [-0.1, -0.05) is 0 Å². The van der Waals surface area contributed by atoms with Crippen LogP contribution < -0.4 is 4.98 Å². The van der Waals surface area contributed by atoms with E-state index in [2.05, 4.69) is 22.0 Å². The molecule has 0 N–H and O–H groups in total. The van der Waals surface area contributed by atoms with E-state index >= 15 is 0 Å². The molecule has 0 saturated heterocycles. The van der Waals surface area contributed by atoms with Gasteiger partial charge in [0.25, 0.3) is 0 Å². The molecule has 0 spiro atoms. The van der Waals surface area contributed by atoms with E-state index in [4.69, 9.17) is 0 Å². The Balaban J connectivity index is 0. The summed E-state index contributed by atoms with van der Waals surface area (Å²) in [5.41, 5.74) is 1.59. The molecule has 0 bridgehead atoms. The van der Waals surface area contributed by atoms with Gasteiger partial charge in [-0.05, 0) is 0 Å². The average molecular weight is 430 g/mol. The fourth-order valence-corrected chi connectivity index (χ4v) is 1.70. The number of nitrogens with zero attached hydrogens (tertiary/aromatic N) is 1. The molecule has 0 aliphatic carbocycles. The molecule has 2 aromatic rings. The number of hydrogen-bond acceptors (Lipinski definition) is 1. The van der Waals surface area contributed by atoms with Crippen molar-refractivity contribution in [1.82, 2.24) is 4.98 Å². The summed E-state index contributed by atoms with van der Waals surface area (Å²) in [4.78, 5) is 16.3. The van der Waals surface area contributed by atoms with E-state index in [9.17, 15) is 9.18 Å². The molecule has 7 heteroatoms. The van der Waals surface area contributed by atoms with E-state index in [1.54, 1.807) is 29.1 Å². The predicted molar refractivity (Wildman–Crippen MR) is 64.7 cm³/mol. The molecule has 1 aromatic heterocycles. The van der Waals surface area contributed by atoms with Crippen molar-refractivity contribution in [3.8, 4) is 0 Å². The Morgan fingerprint density at radius 2 is 1.71 bits per heavy atom. The van der Waals surface area contributed by atoms with E-state index in [1.807, 2.05) is 0 Å². The summed E-state index contributed by atoms with van der Waals surface area (Å²) in [5, 5.41) is 0. The summed E-state index contributed by atoms with van der Waals surface area (Å²) in [5.74, 6) is -0.511. The van der Waals surface area contributed by atoms with Crippen molar-refractivity contribution in [2.45, 2.75) is 0 Å². The van der Waals surface area contributed by atoms with Crippen LogP contribution in [0.25, 0.3) is 6.08 Å². The summed E-state index contributed by atoms with van der Waals surface area (Å²) in [6.45, 7) is 0. The number of allylic oxidation sites excluding steroid dienone is 1. The van der Waals surface area contributed by atoms with Crippen LogP contribution in [0.3, 0.4) is 0 Å². The maximum atomic E-state index is 12.8. The Kier molecular flexibility index (Phi) is 12.9. The van der Waals surface area contributed by atoms with E-state index in [0.717, 1.165) is 0 Å². The summed E-state index contributed by atoms with van der Waals surface area (Å²) >= 11 is 2.31. The Labute approximate surface area is 167 Å². The molecule has 1 aromatic carbocycles. The van der Waals surface area contributed by atoms with Gasteiger partial charge in [0.1, 0.15) is 0 Å². The van der Waals surface area contributed by atoms with Crippen molar-refractivity contribution in [3.05, 3.63) is 65.2 Å². The maximum absolute atomic E-state index is 12.8. The molecule has 0 atom stereocenters. The molecule has 21 heavy (non-hydrogen) atoms. The first-order chi connectivity index (χ1) is 8.72. The summed E-state index contributed by atoms with van der Waals surface area (Å²) in [6.07, 6.45) is 5.14. The monoisotopic (exact) mass is 430 g/mol. The Morgan fingerprint density at radius 3 is 2.29 bits per heavy atom. The maximum Gasteiger partial charge on any atom is 0 e. The summed E-state index contributed by atoms with van der Waals surface area (Å²) < 4.78 is 14.6. The molecule has 0 unspecified atom stereocenters. The first-order valence-corrected chi connectivity index (χ1v) is 6.09. The molecule has 1 heterocycles. The first-order valence-electron chi connectivity index (χ1n) is 5.28. The van der Waals surface area contributed by atoms with Gasteiger partial charge in [-0.15, -0.1) is 0 Å². The molecule has 0 amide bonds. The fourth-order valence-electron chi connectivity index (χ4n) is 1.56. The minimum atomic E-state index is -0.356. The summed E-state index contributed by atoms with van der Waals surface area (Å²) in [7, 11) is 0. The number of carbonyl (C=O) groups excluding carboxylic acids is 1. The van der Waals surface area contributed by atoms with Crippen LogP contribution >= 0.6 is 0 Å². The van der Waals surface area contributed by atoms with E-state index in [-0.39, 0.29) is 67.3 Å². The Bertz CT molecular complexity index is 608. The van der Waals surface area contributed by atoms with Gasteiger partial charge in [0.2, 0.25) is 0 Å². The average Bonchev–Trinajstić information content (AvgIpc) is 2.84. The van der Waals surface area contributed by atoms with Crippen LogP contribution in [0.2, 0.25) is 0 Å². The molecule has 3 radical (unpaired) electrons. The number of aromatic nitrogens is 1. The second kappa shape index (κ2) is 11.6. The predicted octanol–water partition coefficient (Wildman–Crippen LogP) is 2.37. The number of carbonyl (C=O) groups is 1. The van der Waals surface area contributed by atoms with Crippen molar-refractivity contribution in [3.63, 3.8) is 0 Å². The van der Waals surface area contributed by atoms with E-state index in [1.165, 1.54) is 24.3 Å². The van der Waals surface area contributed by atoms with Crippen molar-refractivity contribution in [1.29, 1.82) is 0 Å². The molecule has 2 rings (SSSR count). The third-order valence-electron chi connectivity index (χ3n) is 2.42. The van der Waals surface area contributed by atoms with Gasteiger partial charge in [-0.2, -0.15) is 0 Å². The third kappa shape index (κ3) is 6.36. The minimum absolute atomic E-state index is 0. The molecule has 104 valence electrons. The first kappa shape index (κ1) is 23.3.